The van der Waals surface area contributed by atoms with E-state index in [1.807, 2.05) is 6.07 Å². The minimum atomic E-state index is -0.448. The minimum Gasteiger partial charge on any atom is -0.465 e. The topological polar surface area (TPSA) is 116 Å². The van der Waals surface area contributed by atoms with E-state index in [1.165, 1.54) is 7.11 Å². The number of carbonyl (C=O) groups is 3. The number of unbranched alkanes of at least 4 members (excludes halogenated alkanes) is 1. The molecule has 0 aliphatic carbocycles. The number of hydrogen-bond acceptors (Lipinski definition) is 9. The van der Waals surface area contributed by atoms with Crippen LogP contribution in [0.4, 0.5) is 10.5 Å². The number of esters is 1. The van der Waals surface area contributed by atoms with Crippen molar-refractivity contribution in [1.29, 1.82) is 5.41 Å². The molecule has 2 aromatic rings. The van der Waals surface area contributed by atoms with E-state index in [1.54, 1.807) is 53.4 Å². The van der Waals surface area contributed by atoms with Crippen LogP contribution >= 0.6 is 0 Å². The van der Waals surface area contributed by atoms with Crippen molar-refractivity contribution in [3.63, 3.8) is 0 Å². The third-order valence-corrected chi connectivity index (χ3v) is 6.96. The molecular formula is C29H37N5O6. The fourth-order valence-corrected chi connectivity index (χ4v) is 4.69. The van der Waals surface area contributed by atoms with Crippen LogP contribution < -0.4 is 4.90 Å². The van der Waals surface area contributed by atoms with E-state index in [0.29, 0.717) is 43.1 Å². The molecule has 2 heterocycles. The van der Waals surface area contributed by atoms with Crippen molar-refractivity contribution >= 4 is 29.5 Å². The molecule has 4 rings (SSSR count). The summed E-state index contributed by atoms with van der Waals surface area (Å²) in [6, 6.07) is 15.4. The minimum absolute atomic E-state index is 0.113. The molecule has 2 saturated heterocycles. The van der Waals surface area contributed by atoms with Crippen molar-refractivity contribution in [3.8, 4) is 0 Å². The highest BCUT2D eigenvalue weighted by Crippen LogP contribution is 2.23. The normalized spacial score (nSPS) is 17.9. The largest absolute Gasteiger partial charge is 0.465 e. The number of rotatable bonds is 11. The van der Waals surface area contributed by atoms with E-state index in [0.717, 1.165) is 44.1 Å². The standard InChI is InChI=1S/C29H37N5O6/c1-3-4-18-39-26(35)21-32-16-14-31(15-17-32)19-25-20-33(29(37)40-25)24-12-10-22(11-13-24)27(30)34(38-2)28(36)23-8-6-5-7-9-23/h5-13,25,30H,3-4,14-21H2,1-2H3. The quantitative estimate of drug-likeness (QED) is 0.149. The molecule has 1 N–H and O–H groups in total. The van der Waals surface area contributed by atoms with Crippen LogP contribution in [0.3, 0.4) is 0 Å². The summed E-state index contributed by atoms with van der Waals surface area (Å²) < 4.78 is 10.9. The van der Waals surface area contributed by atoms with Gasteiger partial charge in [-0.15, -0.1) is 0 Å². The first-order chi connectivity index (χ1) is 19.4. The Balaban J connectivity index is 1.27. The van der Waals surface area contributed by atoms with E-state index in [9.17, 15) is 14.4 Å². The third kappa shape index (κ3) is 7.44. The van der Waals surface area contributed by atoms with Gasteiger partial charge in [-0.3, -0.25) is 34.5 Å². The van der Waals surface area contributed by atoms with Gasteiger partial charge in [0.05, 0.1) is 26.8 Å². The van der Waals surface area contributed by atoms with Gasteiger partial charge in [-0.25, -0.2) is 4.79 Å². The van der Waals surface area contributed by atoms with Gasteiger partial charge in [0.1, 0.15) is 6.10 Å². The molecule has 0 spiro atoms. The molecule has 2 amide bonds. The summed E-state index contributed by atoms with van der Waals surface area (Å²) in [6.45, 7) is 6.95. The van der Waals surface area contributed by atoms with Gasteiger partial charge in [0.25, 0.3) is 5.91 Å². The van der Waals surface area contributed by atoms with E-state index in [-0.39, 0.29) is 17.9 Å². The Kier molecular flexibility index (Phi) is 10.2. The SMILES string of the molecule is CCCCOC(=O)CN1CCN(CC2CN(c3ccc(C(=N)N(OC)C(=O)c4ccccc4)cc3)C(=O)O2)CC1. The molecular weight excluding hydrogens is 514 g/mol. The van der Waals surface area contributed by atoms with Crippen molar-refractivity contribution in [2.75, 3.05) is 64.4 Å². The lowest BCUT2D eigenvalue weighted by Crippen LogP contribution is -2.50. The molecule has 0 radical (unpaired) electrons. The van der Waals surface area contributed by atoms with Crippen LogP contribution in [-0.2, 0) is 19.1 Å². The molecule has 0 aromatic heterocycles. The van der Waals surface area contributed by atoms with Crippen molar-refractivity contribution < 1.29 is 28.7 Å². The van der Waals surface area contributed by atoms with Crippen LogP contribution in [0.5, 0.6) is 0 Å². The highest BCUT2D eigenvalue weighted by molar-refractivity contribution is 6.10. The van der Waals surface area contributed by atoms with Crippen molar-refractivity contribution in [2.45, 2.75) is 25.9 Å². The number of nitrogens with zero attached hydrogens (tertiary/aromatic N) is 4. The number of benzene rings is 2. The van der Waals surface area contributed by atoms with Crippen LogP contribution in [0.15, 0.2) is 54.6 Å². The zero-order valence-electron chi connectivity index (χ0n) is 23.1. The Bertz CT molecular complexity index is 1170. The molecule has 40 heavy (non-hydrogen) atoms. The Morgan fingerprint density at radius 3 is 2.33 bits per heavy atom. The summed E-state index contributed by atoms with van der Waals surface area (Å²) in [5.74, 6) is -0.741. The van der Waals surface area contributed by atoms with E-state index in [4.69, 9.17) is 19.7 Å². The Morgan fingerprint density at radius 1 is 1.00 bits per heavy atom. The molecule has 0 bridgehead atoms. The lowest BCUT2D eigenvalue weighted by molar-refractivity contribution is -0.145. The number of hydrogen-bond donors (Lipinski definition) is 1. The molecule has 2 aromatic carbocycles. The highest BCUT2D eigenvalue weighted by atomic mass is 16.7. The first-order valence-electron chi connectivity index (χ1n) is 13.6. The van der Waals surface area contributed by atoms with E-state index in [2.05, 4.69) is 16.7 Å². The molecule has 1 atom stereocenters. The number of nitrogens with one attached hydrogen (secondary N) is 1. The number of anilines is 1. The summed E-state index contributed by atoms with van der Waals surface area (Å²) in [5, 5.41) is 9.42. The second kappa shape index (κ2) is 14.0. The second-order valence-corrected chi connectivity index (χ2v) is 9.81. The lowest BCUT2D eigenvalue weighted by atomic mass is 10.1. The van der Waals surface area contributed by atoms with Gasteiger partial charge in [-0.2, -0.15) is 5.06 Å². The van der Waals surface area contributed by atoms with Crippen molar-refractivity contribution in [2.24, 2.45) is 0 Å². The Hall–Kier alpha value is -3.80. The number of amidine groups is 1. The average molecular weight is 552 g/mol. The maximum Gasteiger partial charge on any atom is 0.414 e. The summed E-state index contributed by atoms with van der Waals surface area (Å²) in [7, 11) is 1.34. The van der Waals surface area contributed by atoms with Gasteiger partial charge in [-0.05, 0) is 42.8 Å². The van der Waals surface area contributed by atoms with Gasteiger partial charge in [0.15, 0.2) is 5.84 Å². The van der Waals surface area contributed by atoms with Gasteiger partial charge in [0, 0.05) is 49.5 Å². The molecule has 11 nitrogen and oxygen atoms in total. The first kappa shape index (κ1) is 29.2. The van der Waals surface area contributed by atoms with Crippen molar-refractivity contribution in [3.05, 3.63) is 65.7 Å². The van der Waals surface area contributed by atoms with Crippen molar-refractivity contribution in [1.82, 2.24) is 14.9 Å². The smallest absolute Gasteiger partial charge is 0.414 e. The zero-order chi connectivity index (χ0) is 28.5. The van der Waals surface area contributed by atoms with Crippen LogP contribution in [-0.4, -0.2) is 104 Å². The fraction of sp³-hybridized carbons (Fsp3) is 0.448. The van der Waals surface area contributed by atoms with Crippen LogP contribution in [0, 0.1) is 5.41 Å². The monoisotopic (exact) mass is 551 g/mol. The number of cyclic esters (lactones) is 1. The first-order valence-corrected chi connectivity index (χ1v) is 13.6. The van der Waals surface area contributed by atoms with Crippen LogP contribution in [0.1, 0.15) is 35.7 Å². The predicted molar refractivity (Wildman–Crippen MR) is 149 cm³/mol. The number of hydroxylamine groups is 2. The van der Waals surface area contributed by atoms with E-state index < -0.39 is 12.0 Å². The Labute approximate surface area is 234 Å². The van der Waals surface area contributed by atoms with Gasteiger partial charge >= 0.3 is 12.1 Å². The summed E-state index contributed by atoms with van der Waals surface area (Å²) in [4.78, 5) is 48.5. The number of carbonyl (C=O) groups excluding carboxylic acids is 3. The van der Waals surface area contributed by atoms with E-state index >= 15 is 0 Å². The maximum atomic E-state index is 12.8. The molecule has 1 unspecified atom stereocenters. The molecule has 0 saturated carbocycles. The number of ether oxygens (including phenoxy) is 2. The molecule has 11 heteroatoms. The highest BCUT2D eigenvalue weighted by Gasteiger charge is 2.34. The molecule has 214 valence electrons. The van der Waals surface area contributed by atoms with Gasteiger partial charge in [0.2, 0.25) is 0 Å². The van der Waals surface area contributed by atoms with Crippen LogP contribution in [0.25, 0.3) is 0 Å². The lowest BCUT2D eigenvalue weighted by Gasteiger charge is -2.34. The molecule has 2 fully saturated rings. The second-order valence-electron chi connectivity index (χ2n) is 9.81. The third-order valence-electron chi connectivity index (χ3n) is 6.96. The average Bonchev–Trinajstić information content (AvgIpc) is 3.34. The Morgan fingerprint density at radius 2 is 1.68 bits per heavy atom. The zero-order valence-corrected chi connectivity index (χ0v) is 23.1. The van der Waals surface area contributed by atoms with Gasteiger partial charge < -0.3 is 9.47 Å². The molecule has 2 aliphatic rings. The number of piperazine rings is 1. The predicted octanol–water partition coefficient (Wildman–Crippen LogP) is 3.00. The molecule has 2 aliphatic heterocycles. The van der Waals surface area contributed by atoms with Gasteiger partial charge in [-0.1, -0.05) is 31.5 Å². The summed E-state index contributed by atoms with van der Waals surface area (Å²) >= 11 is 0. The summed E-state index contributed by atoms with van der Waals surface area (Å²) in [5.41, 5.74) is 1.52. The number of amides is 2. The fourth-order valence-electron chi connectivity index (χ4n) is 4.69. The maximum absolute atomic E-state index is 12.8. The van der Waals surface area contributed by atoms with Crippen LogP contribution in [0.2, 0.25) is 0 Å². The summed E-state index contributed by atoms with van der Waals surface area (Å²) in [6.07, 6.45) is 1.19.